The molecule has 112 valence electrons. The number of carboxylic acids is 1. The maximum absolute atomic E-state index is 12.3. The number of hydrogen-bond donors (Lipinski definition) is 1. The van der Waals surface area contributed by atoms with Gasteiger partial charge in [0.05, 0.1) is 26.3 Å². The van der Waals surface area contributed by atoms with Crippen LogP contribution < -0.4 is 0 Å². The van der Waals surface area contributed by atoms with E-state index in [9.17, 15) is 13.2 Å². The van der Waals surface area contributed by atoms with Crippen molar-refractivity contribution in [2.75, 3.05) is 5.75 Å². The van der Waals surface area contributed by atoms with Crippen molar-refractivity contribution < 1.29 is 18.3 Å². The van der Waals surface area contributed by atoms with Crippen molar-refractivity contribution in [1.29, 1.82) is 0 Å². The molecule has 8 heteroatoms. The van der Waals surface area contributed by atoms with Crippen LogP contribution in [0.2, 0.25) is 10.0 Å². The molecular weight excluding hydrogens is 355 g/mol. The van der Waals surface area contributed by atoms with Crippen molar-refractivity contribution >= 4 is 50.3 Å². The van der Waals surface area contributed by atoms with E-state index in [4.69, 9.17) is 28.3 Å². The van der Waals surface area contributed by atoms with Crippen LogP contribution in [0.1, 0.15) is 15.2 Å². The maximum atomic E-state index is 12.3. The van der Waals surface area contributed by atoms with E-state index in [2.05, 4.69) is 0 Å². The molecule has 0 atom stereocenters. The standard InChI is InChI=1S/C13H10Cl2O4S2/c14-9-3-4-10(12(15)11(9)13(16)17)21(18,19)7-5-8-2-1-6-20-8/h1-4,6H,5,7H2,(H,16,17). The van der Waals surface area contributed by atoms with Gasteiger partial charge in [-0.2, -0.15) is 0 Å². The predicted octanol–water partition coefficient (Wildman–Crippen LogP) is 3.77. The number of aryl methyl sites for hydroxylation is 1. The lowest BCUT2D eigenvalue weighted by molar-refractivity contribution is 0.0697. The fourth-order valence-corrected chi connectivity index (χ4v) is 4.85. The molecule has 0 aliphatic heterocycles. The molecule has 0 amide bonds. The molecule has 0 spiro atoms. The van der Waals surface area contributed by atoms with Crippen LogP contribution in [-0.2, 0) is 16.3 Å². The van der Waals surface area contributed by atoms with Gasteiger partial charge in [0.25, 0.3) is 0 Å². The number of carbonyl (C=O) groups is 1. The number of thiophene rings is 1. The Labute approximate surface area is 135 Å². The van der Waals surface area contributed by atoms with Gasteiger partial charge in [-0.25, -0.2) is 13.2 Å². The molecule has 0 aliphatic rings. The predicted molar refractivity (Wildman–Crippen MR) is 83.5 cm³/mol. The third-order valence-electron chi connectivity index (χ3n) is 2.80. The van der Waals surface area contributed by atoms with E-state index in [1.165, 1.54) is 23.5 Å². The van der Waals surface area contributed by atoms with Gasteiger partial charge in [0.2, 0.25) is 0 Å². The first kappa shape index (κ1) is 16.3. The fourth-order valence-electron chi connectivity index (χ4n) is 1.77. The van der Waals surface area contributed by atoms with Crippen LogP contribution in [0.4, 0.5) is 0 Å². The van der Waals surface area contributed by atoms with E-state index in [0.29, 0.717) is 6.42 Å². The number of benzene rings is 1. The molecule has 2 rings (SSSR count). The summed E-state index contributed by atoms with van der Waals surface area (Å²) in [4.78, 5) is 11.8. The molecule has 0 fully saturated rings. The average Bonchev–Trinajstić information content (AvgIpc) is 2.88. The number of aromatic carboxylic acids is 1. The van der Waals surface area contributed by atoms with E-state index in [0.717, 1.165) is 4.88 Å². The Bertz CT molecular complexity index is 768. The fraction of sp³-hybridized carbons (Fsp3) is 0.154. The van der Waals surface area contributed by atoms with Gasteiger partial charge in [0.15, 0.2) is 9.84 Å². The van der Waals surface area contributed by atoms with E-state index in [-0.39, 0.29) is 20.7 Å². The summed E-state index contributed by atoms with van der Waals surface area (Å²) in [5, 5.41) is 10.5. The van der Waals surface area contributed by atoms with Gasteiger partial charge in [0.1, 0.15) is 0 Å². The van der Waals surface area contributed by atoms with Gasteiger partial charge in [-0.1, -0.05) is 29.3 Å². The molecule has 1 heterocycles. The molecule has 21 heavy (non-hydrogen) atoms. The molecular formula is C13H10Cl2O4S2. The molecule has 0 unspecified atom stereocenters. The summed E-state index contributed by atoms with van der Waals surface area (Å²) in [6.45, 7) is 0. The summed E-state index contributed by atoms with van der Waals surface area (Å²) < 4.78 is 24.6. The monoisotopic (exact) mass is 364 g/mol. The van der Waals surface area contributed by atoms with Gasteiger partial charge in [-0.3, -0.25) is 0 Å². The second-order valence-corrected chi connectivity index (χ2v) is 8.08. The zero-order valence-electron chi connectivity index (χ0n) is 10.5. The van der Waals surface area contributed by atoms with Gasteiger partial charge >= 0.3 is 5.97 Å². The summed E-state index contributed by atoms with van der Waals surface area (Å²) in [6.07, 6.45) is 0.349. The quantitative estimate of drug-likeness (QED) is 0.876. The molecule has 1 N–H and O–H groups in total. The lowest BCUT2D eigenvalue weighted by Gasteiger charge is -2.09. The number of sulfone groups is 1. The SMILES string of the molecule is O=C(O)c1c(Cl)ccc(S(=O)(=O)CCc2cccs2)c1Cl. The Kier molecular flexibility index (Phi) is 4.93. The molecule has 0 saturated carbocycles. The molecule has 0 saturated heterocycles. The lowest BCUT2D eigenvalue weighted by Crippen LogP contribution is -2.11. The number of carboxylic acid groups (broad SMARTS) is 1. The smallest absolute Gasteiger partial charge is 0.338 e. The number of hydrogen-bond acceptors (Lipinski definition) is 4. The molecule has 0 aliphatic carbocycles. The number of rotatable bonds is 5. The van der Waals surface area contributed by atoms with Crippen LogP contribution in [0, 0.1) is 0 Å². The highest BCUT2D eigenvalue weighted by Crippen LogP contribution is 2.32. The Morgan fingerprint density at radius 3 is 2.52 bits per heavy atom. The first-order valence-electron chi connectivity index (χ1n) is 5.79. The van der Waals surface area contributed by atoms with Gasteiger partial charge in [-0.15, -0.1) is 11.3 Å². The van der Waals surface area contributed by atoms with Crippen LogP contribution >= 0.6 is 34.5 Å². The van der Waals surface area contributed by atoms with Crippen molar-refractivity contribution in [3.8, 4) is 0 Å². The Morgan fingerprint density at radius 1 is 1.24 bits per heavy atom. The van der Waals surface area contributed by atoms with Crippen molar-refractivity contribution in [3.63, 3.8) is 0 Å². The molecule has 0 bridgehead atoms. The van der Waals surface area contributed by atoms with Crippen LogP contribution in [0.15, 0.2) is 34.5 Å². The molecule has 2 aromatic rings. The second kappa shape index (κ2) is 6.36. The minimum Gasteiger partial charge on any atom is -0.478 e. The van der Waals surface area contributed by atoms with Crippen LogP contribution in [-0.4, -0.2) is 25.2 Å². The van der Waals surface area contributed by atoms with Crippen LogP contribution in [0.25, 0.3) is 0 Å². The highest BCUT2D eigenvalue weighted by Gasteiger charge is 2.24. The minimum absolute atomic E-state index is 0.0929. The van der Waals surface area contributed by atoms with Crippen molar-refractivity contribution in [2.24, 2.45) is 0 Å². The lowest BCUT2D eigenvalue weighted by atomic mass is 10.2. The first-order chi connectivity index (χ1) is 9.83. The highest BCUT2D eigenvalue weighted by atomic mass is 35.5. The van der Waals surface area contributed by atoms with Crippen LogP contribution in [0.3, 0.4) is 0 Å². The molecule has 4 nitrogen and oxygen atoms in total. The highest BCUT2D eigenvalue weighted by molar-refractivity contribution is 7.91. The van der Waals surface area contributed by atoms with Crippen molar-refractivity contribution in [1.82, 2.24) is 0 Å². The average molecular weight is 365 g/mol. The largest absolute Gasteiger partial charge is 0.478 e. The van der Waals surface area contributed by atoms with E-state index in [1.54, 1.807) is 0 Å². The normalized spacial score (nSPS) is 11.5. The van der Waals surface area contributed by atoms with Gasteiger partial charge < -0.3 is 5.11 Å². The molecule has 0 radical (unpaired) electrons. The molecule has 1 aromatic carbocycles. The minimum atomic E-state index is -3.69. The van der Waals surface area contributed by atoms with Crippen molar-refractivity contribution in [2.45, 2.75) is 11.3 Å². The Balaban J connectivity index is 2.36. The zero-order valence-corrected chi connectivity index (χ0v) is 13.7. The van der Waals surface area contributed by atoms with Crippen molar-refractivity contribution in [3.05, 3.63) is 50.1 Å². The van der Waals surface area contributed by atoms with E-state index >= 15 is 0 Å². The first-order valence-corrected chi connectivity index (χ1v) is 9.08. The number of halogens is 2. The molecule has 1 aromatic heterocycles. The zero-order chi connectivity index (χ0) is 15.6. The summed E-state index contributed by atoms with van der Waals surface area (Å²) >= 11 is 13.1. The van der Waals surface area contributed by atoms with Gasteiger partial charge in [0, 0.05) is 4.88 Å². The Hall–Kier alpha value is -1.08. The third-order valence-corrected chi connectivity index (χ3v) is 6.31. The summed E-state index contributed by atoms with van der Waals surface area (Å²) in [6, 6.07) is 6.15. The Morgan fingerprint density at radius 2 is 1.95 bits per heavy atom. The topological polar surface area (TPSA) is 71.4 Å². The van der Waals surface area contributed by atoms with E-state index < -0.39 is 21.4 Å². The maximum Gasteiger partial charge on any atom is 0.338 e. The van der Waals surface area contributed by atoms with E-state index in [1.807, 2.05) is 17.5 Å². The van der Waals surface area contributed by atoms with Gasteiger partial charge in [-0.05, 0) is 30.0 Å². The second-order valence-electron chi connectivity index (χ2n) is 4.19. The summed E-state index contributed by atoms with van der Waals surface area (Å²) in [5.74, 6) is -1.51. The van der Waals surface area contributed by atoms with Crippen LogP contribution in [0.5, 0.6) is 0 Å². The summed E-state index contributed by atoms with van der Waals surface area (Å²) in [5.41, 5.74) is -0.393. The summed E-state index contributed by atoms with van der Waals surface area (Å²) in [7, 11) is -3.69. The third kappa shape index (κ3) is 3.58.